The summed E-state index contributed by atoms with van der Waals surface area (Å²) in [6, 6.07) is 12.9. The van der Waals surface area contributed by atoms with E-state index >= 15 is 0 Å². The van der Waals surface area contributed by atoms with Crippen molar-refractivity contribution in [1.29, 1.82) is 0 Å². The lowest BCUT2D eigenvalue weighted by atomic mass is 9.80. The van der Waals surface area contributed by atoms with Gasteiger partial charge in [-0.05, 0) is 68.5 Å². The number of rotatable bonds is 13. The van der Waals surface area contributed by atoms with Crippen molar-refractivity contribution in [1.82, 2.24) is 5.32 Å². The zero-order chi connectivity index (χ0) is 27.6. The second kappa shape index (κ2) is 13.9. The molecule has 0 aliphatic carbocycles. The summed E-state index contributed by atoms with van der Waals surface area (Å²) in [4.78, 5) is 25.3. The van der Waals surface area contributed by atoms with Crippen molar-refractivity contribution in [3.63, 3.8) is 0 Å². The molecule has 2 aliphatic rings. The van der Waals surface area contributed by atoms with Gasteiger partial charge in [-0.3, -0.25) is 9.59 Å². The smallest absolute Gasteiger partial charge is 0.286 e. The van der Waals surface area contributed by atoms with Crippen LogP contribution >= 0.6 is 0 Å². The minimum atomic E-state index is -0.642. The second-order valence-electron chi connectivity index (χ2n) is 9.49. The number of aliphatic hydroxyl groups excluding tert-OH is 1. The number of anilines is 2. The van der Waals surface area contributed by atoms with Crippen LogP contribution in [-0.4, -0.2) is 49.8 Å². The molecule has 0 aromatic heterocycles. The summed E-state index contributed by atoms with van der Waals surface area (Å²) in [7, 11) is 0. The fraction of sp³-hybridized carbons (Fsp3) is 0.448. The number of carbonyl (C=O) groups is 2. The second-order valence-corrected chi connectivity index (χ2v) is 9.49. The lowest BCUT2D eigenvalue weighted by Crippen LogP contribution is -2.39. The Morgan fingerprint density at radius 2 is 1.92 bits per heavy atom. The van der Waals surface area contributed by atoms with Crippen LogP contribution in [0.1, 0.15) is 50.5 Å². The lowest BCUT2D eigenvalue weighted by molar-refractivity contribution is -0.166. The molecule has 2 aromatic rings. The van der Waals surface area contributed by atoms with Crippen LogP contribution in [0.4, 0.5) is 11.4 Å². The highest BCUT2D eigenvalue weighted by Crippen LogP contribution is 2.42. The van der Waals surface area contributed by atoms with Gasteiger partial charge in [0.05, 0.1) is 11.4 Å². The Kier molecular flexibility index (Phi) is 10.0. The van der Waals surface area contributed by atoms with Crippen LogP contribution in [0, 0.1) is 5.92 Å². The first kappa shape index (κ1) is 28.3. The highest BCUT2D eigenvalue weighted by atomic mass is 16.7. The first-order valence-corrected chi connectivity index (χ1v) is 13.4. The van der Waals surface area contributed by atoms with E-state index in [1.54, 1.807) is 12.1 Å². The minimum Gasteiger partial charge on any atom is -0.459 e. The first-order chi connectivity index (χ1) is 19.0. The van der Waals surface area contributed by atoms with Gasteiger partial charge in [0.15, 0.2) is 17.3 Å². The normalized spacial score (nSPS) is 19.6. The molecule has 3 atom stereocenters. The Morgan fingerprint density at radius 1 is 1.10 bits per heavy atom. The van der Waals surface area contributed by atoms with Crippen LogP contribution in [0.15, 0.2) is 54.3 Å². The van der Waals surface area contributed by atoms with Gasteiger partial charge >= 0.3 is 0 Å². The minimum absolute atomic E-state index is 0.0526. The predicted molar refractivity (Wildman–Crippen MR) is 146 cm³/mol. The van der Waals surface area contributed by atoms with E-state index in [-0.39, 0.29) is 42.8 Å². The molecule has 2 amide bonds. The van der Waals surface area contributed by atoms with E-state index in [4.69, 9.17) is 24.7 Å². The Balaban J connectivity index is 1.37. The van der Waals surface area contributed by atoms with E-state index < -0.39 is 6.29 Å². The quantitative estimate of drug-likeness (QED) is 0.223. The number of carbonyl (C=O) groups excluding carboxylic acids is 2. The third-order valence-electron chi connectivity index (χ3n) is 6.77. The number of unbranched alkanes of at least 4 members (excludes halogenated alkanes) is 1. The SMILES string of the molecule is CCO[C@@H]1OC(C(=O)NCCCCC(=O)Nc2ccccc2N)=C[C@H](c2ccc3c(c2)OCO3)[C@H]1CCCO. The van der Waals surface area contributed by atoms with E-state index in [2.05, 4.69) is 10.6 Å². The summed E-state index contributed by atoms with van der Waals surface area (Å²) in [5, 5.41) is 15.2. The van der Waals surface area contributed by atoms with Gasteiger partial charge < -0.3 is 40.4 Å². The van der Waals surface area contributed by atoms with E-state index in [1.807, 2.05) is 43.3 Å². The summed E-state index contributed by atoms with van der Waals surface area (Å²) in [6.07, 6.45) is 3.95. The summed E-state index contributed by atoms with van der Waals surface area (Å²) in [5.74, 6) is 0.768. The van der Waals surface area contributed by atoms with Crippen molar-refractivity contribution in [2.45, 2.75) is 51.2 Å². The van der Waals surface area contributed by atoms with Crippen LogP contribution in [0.25, 0.3) is 0 Å². The van der Waals surface area contributed by atoms with Crippen molar-refractivity contribution in [3.8, 4) is 11.5 Å². The van der Waals surface area contributed by atoms with Crippen molar-refractivity contribution in [2.75, 3.05) is 37.6 Å². The molecule has 5 N–H and O–H groups in total. The fourth-order valence-corrected chi connectivity index (χ4v) is 4.79. The summed E-state index contributed by atoms with van der Waals surface area (Å²) in [5.41, 5.74) is 7.93. The maximum absolute atomic E-state index is 13.1. The molecule has 2 aromatic carbocycles. The highest BCUT2D eigenvalue weighted by Gasteiger charge is 2.38. The average molecular weight is 540 g/mol. The number of nitrogen functional groups attached to an aromatic ring is 1. The zero-order valence-corrected chi connectivity index (χ0v) is 22.2. The number of allylic oxidation sites excluding steroid dienone is 1. The molecule has 2 heterocycles. The van der Waals surface area contributed by atoms with Gasteiger partial charge in [0.1, 0.15) is 0 Å². The van der Waals surface area contributed by atoms with Gasteiger partial charge in [0.25, 0.3) is 5.91 Å². The van der Waals surface area contributed by atoms with Crippen molar-refractivity contribution in [3.05, 3.63) is 59.9 Å². The molecule has 10 nitrogen and oxygen atoms in total. The molecule has 0 bridgehead atoms. The number of aliphatic hydroxyl groups is 1. The summed E-state index contributed by atoms with van der Waals surface area (Å²) in [6.45, 7) is 2.91. The molecule has 210 valence electrons. The lowest BCUT2D eigenvalue weighted by Gasteiger charge is -2.37. The standard InChI is InChI=1S/C29H37N3O7/c1-2-36-29-20(8-7-15-33)21(19-12-13-24-25(16-19)38-18-37-24)17-26(39-29)28(35)31-14-6-5-11-27(34)32-23-10-4-3-9-22(23)30/h3-4,9-10,12-13,16-17,20-21,29,33H,2,5-8,11,14-15,18,30H2,1H3,(H,31,35)(H,32,34)/t20-,21-,29-/m1/s1. The fourth-order valence-electron chi connectivity index (χ4n) is 4.79. The number of hydrogen-bond acceptors (Lipinski definition) is 8. The van der Waals surface area contributed by atoms with Crippen molar-refractivity contribution < 1.29 is 33.6 Å². The average Bonchev–Trinajstić information content (AvgIpc) is 3.41. The number of nitrogens with one attached hydrogen (secondary N) is 2. The summed E-state index contributed by atoms with van der Waals surface area (Å²) >= 11 is 0. The van der Waals surface area contributed by atoms with Crippen LogP contribution in [0.3, 0.4) is 0 Å². The molecule has 0 unspecified atom stereocenters. The Morgan fingerprint density at radius 3 is 2.72 bits per heavy atom. The van der Waals surface area contributed by atoms with Gasteiger partial charge in [-0.25, -0.2) is 0 Å². The molecule has 0 radical (unpaired) electrons. The van der Waals surface area contributed by atoms with Gasteiger partial charge in [-0.1, -0.05) is 18.2 Å². The van der Waals surface area contributed by atoms with E-state index in [9.17, 15) is 14.7 Å². The van der Waals surface area contributed by atoms with Gasteiger partial charge in [0.2, 0.25) is 19.0 Å². The van der Waals surface area contributed by atoms with Crippen molar-refractivity contribution >= 4 is 23.2 Å². The number of nitrogens with two attached hydrogens (primary N) is 1. The number of benzene rings is 2. The molecule has 0 saturated heterocycles. The topological polar surface area (TPSA) is 141 Å². The Hall–Kier alpha value is -3.76. The first-order valence-electron chi connectivity index (χ1n) is 13.4. The zero-order valence-electron chi connectivity index (χ0n) is 22.2. The highest BCUT2D eigenvalue weighted by molar-refractivity contribution is 5.93. The number of fused-ring (bicyclic) bond motifs is 1. The molecule has 4 rings (SSSR count). The van der Waals surface area contributed by atoms with Crippen LogP contribution < -0.4 is 25.8 Å². The molecule has 0 spiro atoms. The van der Waals surface area contributed by atoms with Gasteiger partial charge in [0, 0.05) is 38.0 Å². The molecule has 0 fully saturated rings. The largest absolute Gasteiger partial charge is 0.459 e. The maximum Gasteiger partial charge on any atom is 0.286 e. The third-order valence-corrected chi connectivity index (χ3v) is 6.77. The van der Waals surface area contributed by atoms with Crippen LogP contribution in [-0.2, 0) is 19.1 Å². The Labute approximate surface area is 228 Å². The molecule has 0 saturated carbocycles. The van der Waals surface area contributed by atoms with Crippen molar-refractivity contribution in [2.24, 2.45) is 5.92 Å². The van der Waals surface area contributed by atoms with E-state index in [1.165, 1.54) is 0 Å². The molecular formula is C29H37N3O7. The van der Waals surface area contributed by atoms with Gasteiger partial charge in [-0.2, -0.15) is 0 Å². The number of amides is 2. The van der Waals surface area contributed by atoms with E-state index in [0.717, 1.165) is 5.56 Å². The van der Waals surface area contributed by atoms with Crippen LogP contribution in [0.5, 0.6) is 11.5 Å². The van der Waals surface area contributed by atoms with Gasteiger partial charge in [-0.15, -0.1) is 0 Å². The summed E-state index contributed by atoms with van der Waals surface area (Å²) < 4.78 is 23.0. The Bertz CT molecular complexity index is 1170. The maximum atomic E-state index is 13.1. The molecular weight excluding hydrogens is 502 g/mol. The monoisotopic (exact) mass is 539 g/mol. The third kappa shape index (κ3) is 7.42. The van der Waals surface area contributed by atoms with Crippen LogP contribution in [0.2, 0.25) is 0 Å². The van der Waals surface area contributed by atoms with E-state index in [0.29, 0.717) is 68.1 Å². The number of para-hydroxylation sites is 2. The molecule has 39 heavy (non-hydrogen) atoms. The molecule has 2 aliphatic heterocycles. The predicted octanol–water partition coefficient (Wildman–Crippen LogP) is 3.67. The number of hydrogen-bond donors (Lipinski definition) is 4. The molecule has 10 heteroatoms. The number of ether oxygens (including phenoxy) is 4.